The monoisotopic (exact) mass is 342 g/mol. The maximum absolute atomic E-state index is 13.0. The number of tetrazole rings is 1. The standard InChI is InChI=1S/C16H15ClN6O/c17-11-3-4-12-13(5-6-18-14(12)8-11)16(24)23-7-1-2-10(9-23)15-19-21-22-20-15/h3-6,8,10H,1-2,7,9H2,(H,19,20,21,22). The number of piperidine rings is 1. The van der Waals surface area contributed by atoms with Gasteiger partial charge in [-0.1, -0.05) is 22.9 Å². The van der Waals surface area contributed by atoms with Crippen LogP contribution in [0.15, 0.2) is 30.5 Å². The minimum atomic E-state index is -0.00193. The smallest absolute Gasteiger partial charge is 0.254 e. The number of pyridine rings is 1. The van der Waals surface area contributed by atoms with E-state index in [1.165, 1.54) is 0 Å². The van der Waals surface area contributed by atoms with Crippen molar-refractivity contribution in [1.29, 1.82) is 0 Å². The molecule has 122 valence electrons. The quantitative estimate of drug-likeness (QED) is 0.772. The lowest BCUT2D eigenvalue weighted by Gasteiger charge is -2.31. The summed E-state index contributed by atoms with van der Waals surface area (Å²) in [6.45, 7) is 1.32. The summed E-state index contributed by atoms with van der Waals surface area (Å²) < 4.78 is 0. The van der Waals surface area contributed by atoms with Crippen LogP contribution in [0, 0.1) is 0 Å². The van der Waals surface area contributed by atoms with E-state index in [1.807, 2.05) is 11.0 Å². The van der Waals surface area contributed by atoms with Crippen LogP contribution in [0.25, 0.3) is 10.9 Å². The molecule has 1 atom stereocenters. The summed E-state index contributed by atoms with van der Waals surface area (Å²) in [5.74, 6) is 0.779. The number of H-pyrrole nitrogens is 1. The van der Waals surface area contributed by atoms with E-state index in [9.17, 15) is 4.79 Å². The third-order valence-corrected chi connectivity index (χ3v) is 4.61. The molecule has 0 bridgehead atoms. The van der Waals surface area contributed by atoms with Gasteiger partial charge >= 0.3 is 0 Å². The molecule has 0 radical (unpaired) electrons. The van der Waals surface area contributed by atoms with E-state index in [2.05, 4.69) is 25.6 Å². The van der Waals surface area contributed by atoms with E-state index in [0.29, 0.717) is 23.0 Å². The molecule has 1 aliphatic rings. The molecule has 1 aliphatic heterocycles. The van der Waals surface area contributed by atoms with Crippen molar-refractivity contribution in [2.24, 2.45) is 0 Å². The van der Waals surface area contributed by atoms with Gasteiger partial charge in [0.05, 0.1) is 11.1 Å². The fourth-order valence-corrected chi connectivity index (χ4v) is 3.36. The molecule has 1 unspecified atom stereocenters. The number of aromatic amines is 1. The lowest BCUT2D eigenvalue weighted by molar-refractivity contribution is 0.0706. The molecule has 2 aromatic heterocycles. The van der Waals surface area contributed by atoms with Gasteiger partial charge in [-0.2, -0.15) is 5.21 Å². The molecule has 1 aromatic carbocycles. The summed E-state index contributed by atoms with van der Waals surface area (Å²) >= 11 is 6.02. The minimum absolute atomic E-state index is 0.00193. The van der Waals surface area contributed by atoms with Gasteiger partial charge in [-0.3, -0.25) is 9.78 Å². The van der Waals surface area contributed by atoms with E-state index in [-0.39, 0.29) is 11.8 Å². The van der Waals surface area contributed by atoms with Gasteiger partial charge in [-0.25, -0.2) is 0 Å². The number of fused-ring (bicyclic) bond motifs is 1. The zero-order valence-corrected chi connectivity index (χ0v) is 13.6. The lowest BCUT2D eigenvalue weighted by Crippen LogP contribution is -2.39. The number of carbonyl (C=O) groups excluding carboxylic acids is 1. The fourth-order valence-electron chi connectivity index (χ4n) is 3.19. The first-order chi connectivity index (χ1) is 11.7. The van der Waals surface area contributed by atoms with Crippen LogP contribution in [0.1, 0.15) is 34.9 Å². The van der Waals surface area contributed by atoms with Crippen LogP contribution in [0.3, 0.4) is 0 Å². The number of aromatic nitrogens is 5. The predicted octanol–water partition coefficient (Wildman–Crippen LogP) is 2.42. The highest BCUT2D eigenvalue weighted by Gasteiger charge is 2.28. The van der Waals surface area contributed by atoms with Crippen LogP contribution in [-0.4, -0.2) is 49.5 Å². The Bertz CT molecular complexity index is 881. The highest BCUT2D eigenvalue weighted by Crippen LogP contribution is 2.27. The van der Waals surface area contributed by atoms with E-state index >= 15 is 0 Å². The minimum Gasteiger partial charge on any atom is -0.338 e. The Labute approximate surface area is 143 Å². The van der Waals surface area contributed by atoms with Crippen molar-refractivity contribution >= 4 is 28.4 Å². The van der Waals surface area contributed by atoms with Crippen molar-refractivity contribution in [2.45, 2.75) is 18.8 Å². The molecule has 1 saturated heterocycles. The lowest BCUT2D eigenvalue weighted by atomic mass is 9.96. The Hall–Kier alpha value is -2.54. The molecule has 3 aromatic rings. The van der Waals surface area contributed by atoms with E-state index < -0.39 is 0 Å². The SMILES string of the molecule is O=C(c1ccnc2cc(Cl)ccc12)N1CCCC(c2nn[nH]n2)C1. The van der Waals surface area contributed by atoms with E-state index in [0.717, 1.165) is 30.3 Å². The van der Waals surface area contributed by atoms with Gasteiger partial charge in [0, 0.05) is 35.6 Å². The van der Waals surface area contributed by atoms with Gasteiger partial charge in [0.2, 0.25) is 0 Å². The third kappa shape index (κ3) is 2.71. The van der Waals surface area contributed by atoms with Crippen LogP contribution in [0.2, 0.25) is 5.02 Å². The number of halogens is 1. The first-order valence-corrected chi connectivity index (χ1v) is 8.17. The first-order valence-electron chi connectivity index (χ1n) is 7.79. The molecule has 0 saturated carbocycles. The van der Waals surface area contributed by atoms with Gasteiger partial charge in [0.25, 0.3) is 5.91 Å². The molecule has 3 heterocycles. The summed E-state index contributed by atoms with van der Waals surface area (Å²) in [6.07, 6.45) is 3.52. The Kier molecular flexibility index (Phi) is 3.86. The second kappa shape index (κ2) is 6.16. The zero-order chi connectivity index (χ0) is 16.5. The summed E-state index contributed by atoms with van der Waals surface area (Å²) in [7, 11) is 0. The largest absolute Gasteiger partial charge is 0.338 e. The third-order valence-electron chi connectivity index (χ3n) is 4.37. The molecular formula is C16H15ClN6O. The van der Waals surface area contributed by atoms with Crippen LogP contribution >= 0.6 is 11.6 Å². The second-order valence-electron chi connectivity index (χ2n) is 5.88. The van der Waals surface area contributed by atoms with Crippen molar-refractivity contribution in [3.63, 3.8) is 0 Å². The van der Waals surface area contributed by atoms with Crippen LogP contribution in [-0.2, 0) is 0 Å². The average Bonchev–Trinajstić information content (AvgIpc) is 3.15. The number of hydrogen-bond acceptors (Lipinski definition) is 5. The van der Waals surface area contributed by atoms with Gasteiger partial charge in [0.15, 0.2) is 5.82 Å². The Morgan fingerprint density at radius 3 is 3.08 bits per heavy atom. The zero-order valence-electron chi connectivity index (χ0n) is 12.8. The van der Waals surface area contributed by atoms with Crippen LogP contribution in [0.4, 0.5) is 0 Å². The number of rotatable bonds is 2. The van der Waals surface area contributed by atoms with Gasteiger partial charge in [-0.15, -0.1) is 10.2 Å². The summed E-state index contributed by atoms with van der Waals surface area (Å²) in [5, 5.41) is 15.6. The number of nitrogens with one attached hydrogen (secondary N) is 1. The van der Waals surface area contributed by atoms with Crippen molar-refractivity contribution in [3.05, 3.63) is 46.9 Å². The molecule has 1 N–H and O–H groups in total. The molecular weight excluding hydrogens is 328 g/mol. The number of hydrogen-bond donors (Lipinski definition) is 1. The molecule has 7 nitrogen and oxygen atoms in total. The van der Waals surface area contributed by atoms with Crippen LogP contribution < -0.4 is 0 Å². The van der Waals surface area contributed by atoms with Crippen molar-refractivity contribution in [2.75, 3.05) is 13.1 Å². The number of benzene rings is 1. The Morgan fingerprint density at radius 2 is 2.25 bits per heavy atom. The molecule has 8 heteroatoms. The van der Waals surface area contributed by atoms with E-state index in [4.69, 9.17) is 11.6 Å². The van der Waals surface area contributed by atoms with Crippen molar-refractivity contribution in [3.8, 4) is 0 Å². The second-order valence-corrected chi connectivity index (χ2v) is 6.32. The number of carbonyl (C=O) groups is 1. The molecule has 24 heavy (non-hydrogen) atoms. The summed E-state index contributed by atoms with van der Waals surface area (Å²) in [6, 6.07) is 7.15. The van der Waals surface area contributed by atoms with Gasteiger partial charge in [0.1, 0.15) is 0 Å². The molecule has 1 amide bonds. The summed E-state index contributed by atoms with van der Waals surface area (Å²) in [5.41, 5.74) is 1.37. The average molecular weight is 343 g/mol. The van der Waals surface area contributed by atoms with Crippen LogP contribution in [0.5, 0.6) is 0 Å². The molecule has 0 aliphatic carbocycles. The maximum atomic E-state index is 13.0. The van der Waals surface area contributed by atoms with Gasteiger partial charge < -0.3 is 4.90 Å². The normalized spacial score (nSPS) is 18.0. The summed E-state index contributed by atoms with van der Waals surface area (Å²) in [4.78, 5) is 19.2. The highest BCUT2D eigenvalue weighted by atomic mass is 35.5. The molecule has 0 spiro atoms. The number of amides is 1. The fraction of sp³-hybridized carbons (Fsp3) is 0.312. The molecule has 4 rings (SSSR count). The first kappa shape index (κ1) is 15.0. The molecule has 1 fully saturated rings. The number of nitrogens with zero attached hydrogens (tertiary/aromatic N) is 5. The predicted molar refractivity (Wildman–Crippen MR) is 88.8 cm³/mol. The Balaban J connectivity index is 1.64. The number of likely N-dealkylation sites (tertiary alicyclic amines) is 1. The van der Waals surface area contributed by atoms with Gasteiger partial charge in [-0.05, 0) is 31.0 Å². The highest BCUT2D eigenvalue weighted by molar-refractivity contribution is 6.31. The topological polar surface area (TPSA) is 87.7 Å². The maximum Gasteiger partial charge on any atom is 0.254 e. The Morgan fingerprint density at radius 1 is 1.33 bits per heavy atom. The van der Waals surface area contributed by atoms with Crippen molar-refractivity contribution in [1.82, 2.24) is 30.5 Å². The van der Waals surface area contributed by atoms with E-state index in [1.54, 1.807) is 24.4 Å². The van der Waals surface area contributed by atoms with Crippen molar-refractivity contribution < 1.29 is 4.79 Å².